The fourth-order valence-corrected chi connectivity index (χ4v) is 3.04. The van der Waals surface area contributed by atoms with Gasteiger partial charge >= 0.3 is 0 Å². The number of carbonyl (C=O) groups excluding carboxylic acids is 2. The highest BCUT2D eigenvalue weighted by Gasteiger charge is 2.02. The maximum absolute atomic E-state index is 11.6. The Morgan fingerprint density at radius 2 is 2.25 bits per heavy atom. The summed E-state index contributed by atoms with van der Waals surface area (Å²) in [7, 11) is 0. The van der Waals surface area contributed by atoms with E-state index in [2.05, 4.69) is 10.3 Å². The van der Waals surface area contributed by atoms with E-state index < -0.39 is 6.10 Å². The quantitative estimate of drug-likeness (QED) is 0.490. The summed E-state index contributed by atoms with van der Waals surface area (Å²) in [4.78, 5) is 26.6. The van der Waals surface area contributed by atoms with Crippen molar-refractivity contribution in [2.45, 2.75) is 39.2 Å². The average molecular weight is 369 g/mol. The van der Waals surface area contributed by atoms with E-state index in [1.807, 2.05) is 30.5 Å². The van der Waals surface area contributed by atoms with Crippen molar-refractivity contribution in [2.75, 3.05) is 12.3 Å². The van der Waals surface area contributed by atoms with E-state index in [0.29, 0.717) is 31.6 Å². The molecular formula is C17H24N2O3S2. The highest BCUT2D eigenvalue weighted by Crippen LogP contribution is 2.11. The van der Waals surface area contributed by atoms with Crippen molar-refractivity contribution in [2.24, 2.45) is 0 Å². The van der Waals surface area contributed by atoms with Crippen LogP contribution >= 0.6 is 23.1 Å². The van der Waals surface area contributed by atoms with E-state index in [4.69, 9.17) is 0 Å². The number of thioether (sulfide) groups is 1. The van der Waals surface area contributed by atoms with Crippen molar-refractivity contribution in [1.82, 2.24) is 10.3 Å². The lowest BCUT2D eigenvalue weighted by Crippen LogP contribution is -2.22. The van der Waals surface area contributed by atoms with Crippen LogP contribution in [0.5, 0.6) is 0 Å². The number of nitrogens with zero attached hydrogens (tertiary/aromatic N) is 1. The predicted octanol–water partition coefficient (Wildman–Crippen LogP) is 2.95. The lowest BCUT2D eigenvalue weighted by Gasteiger charge is -2.01. The van der Waals surface area contributed by atoms with Crippen LogP contribution in [0, 0.1) is 6.92 Å². The molecule has 1 unspecified atom stereocenters. The largest absolute Gasteiger partial charge is 0.389 e. The summed E-state index contributed by atoms with van der Waals surface area (Å²) in [5.41, 5.74) is 0.863. The van der Waals surface area contributed by atoms with Crippen molar-refractivity contribution in [3.8, 4) is 0 Å². The molecule has 1 amide bonds. The second-order valence-electron chi connectivity index (χ2n) is 5.17. The number of thiazole rings is 1. The van der Waals surface area contributed by atoms with E-state index >= 15 is 0 Å². The van der Waals surface area contributed by atoms with Crippen molar-refractivity contribution in [1.29, 1.82) is 0 Å². The zero-order valence-electron chi connectivity index (χ0n) is 14.0. The molecule has 2 N–H and O–H groups in total. The number of rotatable bonds is 10. The minimum Gasteiger partial charge on any atom is -0.389 e. The Bertz CT molecular complexity index is 582. The zero-order valence-corrected chi connectivity index (χ0v) is 15.7. The summed E-state index contributed by atoms with van der Waals surface area (Å²) >= 11 is 2.82. The number of aromatic nitrogens is 1. The molecule has 0 bridgehead atoms. The van der Waals surface area contributed by atoms with Crippen molar-refractivity contribution < 1.29 is 14.7 Å². The molecule has 0 aliphatic carbocycles. The molecule has 0 spiro atoms. The van der Waals surface area contributed by atoms with Crippen LogP contribution in [0.2, 0.25) is 0 Å². The van der Waals surface area contributed by atoms with E-state index in [0.717, 1.165) is 10.7 Å². The molecule has 1 rings (SSSR count). The molecule has 0 saturated carbocycles. The molecular weight excluding hydrogens is 344 g/mol. The van der Waals surface area contributed by atoms with Gasteiger partial charge in [-0.25, -0.2) is 4.98 Å². The van der Waals surface area contributed by atoms with Gasteiger partial charge in [0.2, 0.25) is 5.91 Å². The van der Waals surface area contributed by atoms with Crippen LogP contribution in [0.15, 0.2) is 23.6 Å². The number of aliphatic hydroxyl groups excluding tert-OH is 1. The van der Waals surface area contributed by atoms with Crippen LogP contribution < -0.4 is 5.32 Å². The maximum atomic E-state index is 11.6. The van der Waals surface area contributed by atoms with Gasteiger partial charge in [0.25, 0.3) is 0 Å². The molecule has 0 aromatic carbocycles. The number of aliphatic hydroxyl groups is 1. The summed E-state index contributed by atoms with van der Waals surface area (Å²) < 4.78 is 0. The number of carbonyl (C=O) groups is 2. The first-order valence-corrected chi connectivity index (χ1v) is 9.67. The van der Waals surface area contributed by atoms with E-state index in [9.17, 15) is 14.7 Å². The Morgan fingerprint density at radius 3 is 2.92 bits per heavy atom. The molecule has 7 heteroatoms. The van der Waals surface area contributed by atoms with Gasteiger partial charge in [-0.05, 0) is 25.8 Å². The fraction of sp³-hybridized carbons (Fsp3) is 0.471. The first-order valence-electron chi connectivity index (χ1n) is 7.81. The molecule has 1 aromatic heterocycles. The van der Waals surface area contributed by atoms with Crippen LogP contribution in [0.3, 0.4) is 0 Å². The third-order valence-corrected chi connectivity index (χ3v) is 4.65. The molecule has 0 radical (unpaired) electrons. The Hall–Kier alpha value is -1.44. The van der Waals surface area contributed by atoms with Gasteiger partial charge < -0.3 is 10.4 Å². The first-order chi connectivity index (χ1) is 11.5. The van der Waals surface area contributed by atoms with Crippen LogP contribution in [-0.4, -0.2) is 39.5 Å². The molecule has 1 heterocycles. The van der Waals surface area contributed by atoms with Crippen molar-refractivity contribution in [3.63, 3.8) is 0 Å². The molecule has 5 nitrogen and oxygen atoms in total. The molecule has 132 valence electrons. The van der Waals surface area contributed by atoms with Gasteiger partial charge in [0.05, 0.1) is 16.8 Å². The van der Waals surface area contributed by atoms with Gasteiger partial charge in [0, 0.05) is 31.0 Å². The van der Waals surface area contributed by atoms with Crippen LogP contribution in [-0.2, 0) is 9.59 Å². The van der Waals surface area contributed by atoms with E-state index in [1.54, 1.807) is 17.4 Å². The smallest absolute Gasteiger partial charge is 0.216 e. The van der Waals surface area contributed by atoms with E-state index in [-0.39, 0.29) is 11.0 Å². The third-order valence-electron chi connectivity index (χ3n) is 2.92. The predicted molar refractivity (Wildman–Crippen MR) is 101 cm³/mol. The van der Waals surface area contributed by atoms with Crippen molar-refractivity contribution in [3.05, 3.63) is 34.3 Å². The topological polar surface area (TPSA) is 79.3 Å². The molecule has 1 atom stereocenters. The number of aryl methyl sites for hydroxylation is 1. The number of amides is 1. The third kappa shape index (κ3) is 10.4. The van der Waals surface area contributed by atoms with Gasteiger partial charge in [-0.2, -0.15) is 0 Å². The van der Waals surface area contributed by atoms with Gasteiger partial charge in [-0.1, -0.05) is 30.0 Å². The standard InChI is InChI=1S/C17H24N2O3S2/c1-13(20)18-10-11-23-17(22)7-5-3-4-6-16(21)9-8-15-12-24-14(2)19-15/h3-4,8-9,12,16,21H,5-7,10-11H2,1-2H3,(H,18,20)/b4-3-,9-8+. The summed E-state index contributed by atoms with van der Waals surface area (Å²) in [5, 5.41) is 15.6. The highest BCUT2D eigenvalue weighted by atomic mass is 32.2. The minimum atomic E-state index is -0.550. The second-order valence-corrected chi connectivity index (χ2v) is 7.38. The SMILES string of the molecule is CC(=O)NCCSC(=O)CC/C=C\CC(O)/C=C/c1csc(C)n1. The van der Waals surface area contributed by atoms with Crippen molar-refractivity contribution >= 4 is 40.2 Å². The van der Waals surface area contributed by atoms with E-state index in [1.165, 1.54) is 18.7 Å². The van der Waals surface area contributed by atoms with Gasteiger partial charge in [-0.3, -0.25) is 9.59 Å². The number of hydrogen-bond donors (Lipinski definition) is 2. The monoisotopic (exact) mass is 368 g/mol. The van der Waals surface area contributed by atoms with Gasteiger partial charge in [-0.15, -0.1) is 11.3 Å². The Morgan fingerprint density at radius 1 is 1.46 bits per heavy atom. The minimum absolute atomic E-state index is 0.0801. The summed E-state index contributed by atoms with van der Waals surface area (Å²) in [6, 6.07) is 0. The molecule has 0 fully saturated rings. The summed E-state index contributed by atoms with van der Waals surface area (Å²) in [6.45, 7) is 3.91. The highest BCUT2D eigenvalue weighted by molar-refractivity contribution is 8.13. The lowest BCUT2D eigenvalue weighted by molar-refractivity contribution is -0.118. The fourth-order valence-electron chi connectivity index (χ4n) is 1.76. The normalized spacial score (nSPS) is 12.8. The van der Waals surface area contributed by atoms with Crippen LogP contribution in [0.4, 0.5) is 0 Å². The number of hydrogen-bond acceptors (Lipinski definition) is 6. The Labute approximate surface area is 151 Å². The lowest BCUT2D eigenvalue weighted by atomic mass is 10.2. The molecule has 1 aromatic rings. The molecule has 0 aliphatic rings. The Balaban J connectivity index is 2.10. The van der Waals surface area contributed by atoms with Gasteiger partial charge in [0.1, 0.15) is 0 Å². The van der Waals surface area contributed by atoms with Gasteiger partial charge in [0.15, 0.2) is 5.12 Å². The molecule has 0 saturated heterocycles. The first kappa shape index (κ1) is 20.6. The summed E-state index contributed by atoms with van der Waals surface area (Å²) in [5.74, 6) is 0.519. The molecule has 24 heavy (non-hydrogen) atoms. The average Bonchev–Trinajstić information content (AvgIpc) is 2.94. The zero-order chi connectivity index (χ0) is 17.8. The molecule has 0 aliphatic heterocycles. The van der Waals surface area contributed by atoms with Crippen LogP contribution in [0.25, 0.3) is 6.08 Å². The second kappa shape index (κ2) is 12.0. The number of allylic oxidation sites excluding steroid dienone is 1. The maximum Gasteiger partial charge on any atom is 0.216 e. The summed E-state index contributed by atoms with van der Waals surface area (Å²) in [6.07, 6.45) is 8.43. The Kier molecular flexibility index (Phi) is 10.3. The van der Waals surface area contributed by atoms with Crippen LogP contribution in [0.1, 0.15) is 36.9 Å². The number of nitrogens with one attached hydrogen (secondary N) is 1.